The molecule has 0 amide bonds. The van der Waals surface area contributed by atoms with E-state index in [1.54, 1.807) is 43.5 Å². The number of sulfonamides is 1. The van der Waals surface area contributed by atoms with Crippen LogP contribution >= 0.6 is 15.9 Å². The molecular weight excluding hydrogens is 518 g/mol. The number of hydrogen-bond acceptors (Lipinski definition) is 6. The van der Waals surface area contributed by atoms with Crippen LogP contribution in [0.25, 0.3) is 10.9 Å². The molecule has 0 radical (unpaired) electrons. The number of hydrogen-bond donors (Lipinski definition) is 1. The van der Waals surface area contributed by atoms with Crippen LogP contribution in [0.15, 0.2) is 70.3 Å². The fourth-order valence-corrected chi connectivity index (χ4v) is 5.22. The van der Waals surface area contributed by atoms with Crippen LogP contribution in [-0.4, -0.2) is 31.8 Å². The molecule has 34 heavy (non-hydrogen) atoms. The van der Waals surface area contributed by atoms with E-state index in [0.29, 0.717) is 39.9 Å². The lowest BCUT2D eigenvalue weighted by Crippen LogP contribution is -2.16. The molecule has 9 heteroatoms. The van der Waals surface area contributed by atoms with Gasteiger partial charge in [0.2, 0.25) is 0 Å². The SMILES string of the molecule is COc1cc(C=O)ncc1C#Cc1cc(Br)ccc1NS(=O)(=O)c1c(C)ccc2cccnc12. The van der Waals surface area contributed by atoms with E-state index < -0.39 is 10.0 Å². The van der Waals surface area contributed by atoms with Gasteiger partial charge in [-0.05, 0) is 36.8 Å². The number of aldehydes is 1. The Bertz CT molecular complexity index is 1590. The number of aromatic nitrogens is 2. The summed E-state index contributed by atoms with van der Waals surface area (Å²) in [6, 6.07) is 13.7. The first-order valence-corrected chi connectivity index (χ1v) is 12.3. The minimum absolute atomic E-state index is 0.114. The molecule has 0 saturated heterocycles. The highest BCUT2D eigenvalue weighted by atomic mass is 79.9. The van der Waals surface area contributed by atoms with Gasteiger partial charge in [0, 0.05) is 28.3 Å². The summed E-state index contributed by atoms with van der Waals surface area (Å²) in [5, 5.41) is 0.725. The Morgan fingerprint density at radius 3 is 2.62 bits per heavy atom. The van der Waals surface area contributed by atoms with E-state index in [1.165, 1.54) is 19.4 Å². The molecule has 0 unspecified atom stereocenters. The smallest absolute Gasteiger partial charge is 0.264 e. The summed E-state index contributed by atoms with van der Waals surface area (Å²) < 4.78 is 35.6. The fraction of sp³-hybridized carbons (Fsp3) is 0.0800. The molecule has 2 heterocycles. The van der Waals surface area contributed by atoms with E-state index in [4.69, 9.17) is 4.74 Å². The van der Waals surface area contributed by atoms with Gasteiger partial charge in [-0.1, -0.05) is 46.0 Å². The van der Waals surface area contributed by atoms with Crippen LogP contribution in [-0.2, 0) is 10.0 Å². The number of fused-ring (bicyclic) bond motifs is 1. The van der Waals surface area contributed by atoms with Crippen molar-refractivity contribution in [2.75, 3.05) is 11.8 Å². The number of halogens is 1. The second-order valence-corrected chi connectivity index (χ2v) is 9.79. The fourth-order valence-electron chi connectivity index (χ4n) is 3.38. The van der Waals surface area contributed by atoms with Crippen molar-refractivity contribution in [2.24, 2.45) is 0 Å². The summed E-state index contributed by atoms with van der Waals surface area (Å²) in [6.07, 6.45) is 3.61. The minimum Gasteiger partial charge on any atom is -0.495 e. The quantitative estimate of drug-likeness (QED) is 0.293. The van der Waals surface area contributed by atoms with E-state index in [9.17, 15) is 13.2 Å². The van der Waals surface area contributed by atoms with Gasteiger partial charge in [-0.3, -0.25) is 19.5 Å². The van der Waals surface area contributed by atoms with Crippen molar-refractivity contribution in [3.8, 4) is 17.6 Å². The Labute approximate surface area is 205 Å². The Morgan fingerprint density at radius 2 is 1.85 bits per heavy atom. The second kappa shape index (κ2) is 9.63. The predicted molar refractivity (Wildman–Crippen MR) is 134 cm³/mol. The van der Waals surface area contributed by atoms with Crippen molar-refractivity contribution >= 4 is 48.8 Å². The van der Waals surface area contributed by atoms with Gasteiger partial charge in [0.25, 0.3) is 10.0 Å². The maximum atomic E-state index is 13.4. The summed E-state index contributed by atoms with van der Waals surface area (Å²) in [6.45, 7) is 1.73. The van der Waals surface area contributed by atoms with Crippen LogP contribution in [0.5, 0.6) is 5.75 Å². The van der Waals surface area contributed by atoms with Crippen LogP contribution in [0.4, 0.5) is 5.69 Å². The Kier molecular flexibility index (Phi) is 6.63. The number of ether oxygens (including phenoxy) is 1. The number of nitrogens with one attached hydrogen (secondary N) is 1. The molecule has 2 aromatic heterocycles. The molecule has 0 aliphatic heterocycles. The topological polar surface area (TPSA) is 98.2 Å². The molecule has 170 valence electrons. The van der Waals surface area contributed by atoms with Crippen LogP contribution in [0.3, 0.4) is 0 Å². The van der Waals surface area contributed by atoms with Crippen LogP contribution in [0, 0.1) is 18.8 Å². The number of carbonyl (C=O) groups is 1. The maximum absolute atomic E-state index is 13.4. The number of carbonyl (C=O) groups excluding carboxylic acids is 1. The van der Waals surface area contributed by atoms with E-state index in [1.807, 2.05) is 12.1 Å². The third-order valence-corrected chi connectivity index (χ3v) is 7.01. The monoisotopic (exact) mass is 535 g/mol. The Hall–Kier alpha value is -3.74. The number of methoxy groups -OCH3 is 1. The number of benzene rings is 2. The second-order valence-electron chi connectivity index (χ2n) is 7.26. The zero-order chi connectivity index (χ0) is 24.3. The molecule has 0 spiro atoms. The van der Waals surface area contributed by atoms with Gasteiger partial charge in [-0.25, -0.2) is 8.42 Å². The van der Waals surface area contributed by atoms with E-state index >= 15 is 0 Å². The van der Waals surface area contributed by atoms with Gasteiger partial charge in [-0.15, -0.1) is 0 Å². The van der Waals surface area contributed by atoms with E-state index in [2.05, 4.69) is 42.5 Å². The molecule has 0 aliphatic rings. The normalized spacial score (nSPS) is 10.9. The molecule has 0 atom stereocenters. The third kappa shape index (κ3) is 4.78. The largest absolute Gasteiger partial charge is 0.495 e. The highest BCUT2D eigenvalue weighted by Gasteiger charge is 2.22. The summed E-state index contributed by atoms with van der Waals surface area (Å²) in [7, 11) is -2.52. The molecule has 1 N–H and O–H groups in total. The molecule has 0 aliphatic carbocycles. The summed E-state index contributed by atoms with van der Waals surface area (Å²) >= 11 is 3.41. The zero-order valence-electron chi connectivity index (χ0n) is 18.2. The van der Waals surface area contributed by atoms with Gasteiger partial charge >= 0.3 is 0 Å². The molecule has 7 nitrogen and oxygen atoms in total. The van der Waals surface area contributed by atoms with Gasteiger partial charge < -0.3 is 4.74 Å². The van der Waals surface area contributed by atoms with Gasteiger partial charge in [0.1, 0.15) is 16.3 Å². The first-order chi connectivity index (χ1) is 16.3. The molecular formula is C25H18BrN3O4S. The standard InChI is InChI=1S/C25H18BrN3O4S/c1-16-5-6-17-4-3-11-27-24(17)25(16)34(31,32)29-22-10-9-20(26)12-18(22)7-8-19-14-28-21(15-30)13-23(19)33-2/h3-6,9-15,29H,1-2H3. The lowest BCUT2D eigenvalue weighted by atomic mass is 10.1. The minimum atomic E-state index is -3.98. The Morgan fingerprint density at radius 1 is 1.06 bits per heavy atom. The highest BCUT2D eigenvalue weighted by Crippen LogP contribution is 2.29. The van der Waals surface area contributed by atoms with Crippen LogP contribution < -0.4 is 9.46 Å². The lowest BCUT2D eigenvalue weighted by Gasteiger charge is -2.14. The van der Waals surface area contributed by atoms with Crippen LogP contribution in [0.2, 0.25) is 0 Å². The van der Waals surface area contributed by atoms with Crippen molar-refractivity contribution in [1.82, 2.24) is 9.97 Å². The number of rotatable bonds is 5. The van der Waals surface area contributed by atoms with Crippen molar-refractivity contribution in [1.29, 1.82) is 0 Å². The van der Waals surface area contributed by atoms with E-state index in [-0.39, 0.29) is 10.6 Å². The summed E-state index contributed by atoms with van der Waals surface area (Å²) in [5.74, 6) is 6.31. The molecule has 0 fully saturated rings. The van der Waals surface area contributed by atoms with Crippen molar-refractivity contribution in [2.45, 2.75) is 11.8 Å². The lowest BCUT2D eigenvalue weighted by molar-refractivity contribution is 0.111. The van der Waals surface area contributed by atoms with Crippen molar-refractivity contribution in [3.63, 3.8) is 0 Å². The first kappa shape index (κ1) is 23.4. The average molecular weight is 536 g/mol. The predicted octanol–water partition coefficient (Wildman–Crippen LogP) is 4.72. The highest BCUT2D eigenvalue weighted by molar-refractivity contribution is 9.10. The van der Waals surface area contributed by atoms with E-state index in [0.717, 1.165) is 9.86 Å². The summed E-state index contributed by atoms with van der Waals surface area (Å²) in [5.41, 5.74) is 2.39. The third-order valence-electron chi connectivity index (χ3n) is 4.98. The first-order valence-electron chi connectivity index (χ1n) is 10.0. The van der Waals surface area contributed by atoms with Gasteiger partial charge in [0.05, 0.1) is 29.4 Å². The number of anilines is 1. The molecule has 4 rings (SSSR count). The van der Waals surface area contributed by atoms with Gasteiger partial charge in [-0.2, -0.15) is 0 Å². The number of pyridine rings is 2. The molecule has 0 bridgehead atoms. The average Bonchev–Trinajstić information content (AvgIpc) is 2.83. The summed E-state index contributed by atoms with van der Waals surface area (Å²) in [4.78, 5) is 19.4. The van der Waals surface area contributed by atoms with Crippen molar-refractivity contribution < 1.29 is 17.9 Å². The zero-order valence-corrected chi connectivity index (χ0v) is 20.6. The number of aryl methyl sites for hydroxylation is 1. The van der Waals surface area contributed by atoms with Crippen molar-refractivity contribution in [3.05, 3.63) is 87.8 Å². The Balaban J connectivity index is 1.78. The molecule has 4 aromatic rings. The van der Waals surface area contributed by atoms with Gasteiger partial charge in [0.15, 0.2) is 6.29 Å². The number of nitrogens with zero attached hydrogens (tertiary/aromatic N) is 2. The molecule has 2 aromatic carbocycles. The maximum Gasteiger partial charge on any atom is 0.264 e. The van der Waals surface area contributed by atoms with Crippen LogP contribution in [0.1, 0.15) is 27.2 Å². The molecule has 0 saturated carbocycles.